The number of thioether (sulfide) groups is 1. The summed E-state index contributed by atoms with van der Waals surface area (Å²) in [5, 5.41) is 0. The molecule has 0 spiro atoms. The maximum atomic E-state index is 13.0. The molecular formula is C26H22BrNO3S2. The quantitative estimate of drug-likeness (QED) is 0.231. The largest absolute Gasteiger partial charge is 0.490 e. The summed E-state index contributed by atoms with van der Waals surface area (Å²) in [6.45, 7) is 3.31. The highest BCUT2D eigenvalue weighted by Gasteiger charge is 2.32. The molecule has 33 heavy (non-hydrogen) atoms. The van der Waals surface area contributed by atoms with Gasteiger partial charge in [0, 0.05) is 0 Å². The molecule has 0 atom stereocenters. The van der Waals surface area contributed by atoms with Gasteiger partial charge < -0.3 is 9.47 Å². The Kier molecular flexibility index (Phi) is 7.85. The third-order valence-corrected chi connectivity index (χ3v) is 6.88. The van der Waals surface area contributed by atoms with E-state index in [0.717, 1.165) is 21.2 Å². The standard InChI is InChI=1S/C26H22BrNO3S2/c1-2-30-22-14-20(13-21(27)24(22)31-17-19-11-7-4-8-12-19)15-23-25(29)28(26(32)33-23)16-18-9-5-3-6-10-18/h3-15H,2,16-17H2,1H3/b23-15-. The van der Waals surface area contributed by atoms with E-state index in [-0.39, 0.29) is 5.91 Å². The van der Waals surface area contributed by atoms with Gasteiger partial charge >= 0.3 is 0 Å². The fourth-order valence-corrected chi connectivity index (χ4v) is 5.19. The molecule has 1 aliphatic heterocycles. The number of carbonyl (C=O) groups is 1. The fourth-order valence-electron chi connectivity index (χ4n) is 3.36. The van der Waals surface area contributed by atoms with E-state index in [0.29, 0.717) is 40.5 Å². The highest BCUT2D eigenvalue weighted by Crippen LogP contribution is 2.40. The molecule has 1 heterocycles. The molecule has 0 N–H and O–H groups in total. The van der Waals surface area contributed by atoms with E-state index in [9.17, 15) is 4.79 Å². The van der Waals surface area contributed by atoms with Gasteiger partial charge in [0.2, 0.25) is 0 Å². The van der Waals surface area contributed by atoms with Gasteiger partial charge in [-0.15, -0.1) is 0 Å². The molecule has 3 aromatic carbocycles. The average molecular weight is 541 g/mol. The molecule has 1 amide bonds. The predicted molar refractivity (Wildman–Crippen MR) is 141 cm³/mol. The van der Waals surface area contributed by atoms with Gasteiger partial charge in [-0.05, 0) is 57.8 Å². The van der Waals surface area contributed by atoms with Crippen molar-refractivity contribution >= 4 is 56.2 Å². The first-order valence-electron chi connectivity index (χ1n) is 10.5. The van der Waals surface area contributed by atoms with Crippen LogP contribution in [-0.2, 0) is 17.9 Å². The number of carbonyl (C=O) groups excluding carboxylic acids is 1. The van der Waals surface area contributed by atoms with E-state index in [1.54, 1.807) is 4.90 Å². The molecule has 0 aromatic heterocycles. The molecule has 0 aliphatic carbocycles. The second-order valence-electron chi connectivity index (χ2n) is 7.29. The van der Waals surface area contributed by atoms with Crippen LogP contribution >= 0.6 is 39.9 Å². The molecule has 0 saturated carbocycles. The van der Waals surface area contributed by atoms with Crippen molar-refractivity contribution in [2.75, 3.05) is 6.61 Å². The summed E-state index contributed by atoms with van der Waals surface area (Å²) in [4.78, 5) is 15.3. The Morgan fingerprint density at radius 2 is 1.67 bits per heavy atom. The first-order chi connectivity index (χ1) is 16.0. The van der Waals surface area contributed by atoms with Crippen LogP contribution in [0.1, 0.15) is 23.6 Å². The summed E-state index contributed by atoms with van der Waals surface area (Å²) in [6.07, 6.45) is 1.85. The molecule has 1 saturated heterocycles. The average Bonchev–Trinajstić information content (AvgIpc) is 3.07. The van der Waals surface area contributed by atoms with Crippen LogP contribution in [0.5, 0.6) is 11.5 Å². The zero-order chi connectivity index (χ0) is 23.2. The number of amides is 1. The molecule has 4 nitrogen and oxygen atoms in total. The Balaban J connectivity index is 1.56. The molecule has 0 radical (unpaired) electrons. The topological polar surface area (TPSA) is 38.8 Å². The van der Waals surface area contributed by atoms with Crippen molar-refractivity contribution in [2.45, 2.75) is 20.1 Å². The van der Waals surface area contributed by atoms with Crippen molar-refractivity contribution in [1.29, 1.82) is 0 Å². The summed E-state index contributed by atoms with van der Waals surface area (Å²) < 4.78 is 13.2. The molecule has 3 aromatic rings. The number of nitrogens with zero attached hydrogens (tertiary/aromatic N) is 1. The van der Waals surface area contributed by atoms with Gasteiger partial charge in [0.1, 0.15) is 10.9 Å². The summed E-state index contributed by atoms with van der Waals surface area (Å²) in [6, 6.07) is 23.6. The minimum atomic E-state index is -0.0904. The third kappa shape index (κ3) is 5.85. The van der Waals surface area contributed by atoms with Crippen LogP contribution in [0.25, 0.3) is 6.08 Å². The van der Waals surface area contributed by atoms with E-state index in [4.69, 9.17) is 21.7 Å². The fraction of sp³-hybridized carbons (Fsp3) is 0.154. The normalized spacial score (nSPS) is 14.7. The Bertz CT molecular complexity index is 1180. The molecule has 1 aliphatic rings. The van der Waals surface area contributed by atoms with Gasteiger partial charge in [0.05, 0.1) is 22.5 Å². The Morgan fingerprint density at radius 3 is 2.33 bits per heavy atom. The number of hydrogen-bond donors (Lipinski definition) is 0. The Hall–Kier alpha value is -2.61. The van der Waals surface area contributed by atoms with Gasteiger partial charge in [-0.25, -0.2) is 0 Å². The van der Waals surface area contributed by atoms with Crippen LogP contribution in [0.3, 0.4) is 0 Å². The number of rotatable bonds is 8. The first kappa shape index (κ1) is 23.5. The van der Waals surface area contributed by atoms with Crippen LogP contribution in [0.4, 0.5) is 0 Å². The van der Waals surface area contributed by atoms with E-state index in [1.807, 2.05) is 85.8 Å². The Morgan fingerprint density at radius 1 is 1.00 bits per heavy atom. The molecule has 0 unspecified atom stereocenters. The van der Waals surface area contributed by atoms with Crippen molar-refractivity contribution in [3.63, 3.8) is 0 Å². The maximum Gasteiger partial charge on any atom is 0.266 e. The Labute approximate surface area is 211 Å². The van der Waals surface area contributed by atoms with Gasteiger partial charge in [0.15, 0.2) is 11.5 Å². The molecule has 4 rings (SSSR count). The van der Waals surface area contributed by atoms with E-state index in [1.165, 1.54) is 11.8 Å². The molecule has 0 bridgehead atoms. The SMILES string of the molecule is CCOc1cc(/C=C2\SC(=S)N(Cc3ccccc3)C2=O)cc(Br)c1OCc1ccccc1. The number of halogens is 1. The number of benzene rings is 3. The van der Waals surface area contributed by atoms with Crippen molar-refractivity contribution in [3.05, 3.63) is 98.9 Å². The summed E-state index contributed by atoms with van der Waals surface area (Å²) in [5.41, 5.74) is 2.94. The van der Waals surface area contributed by atoms with Crippen molar-refractivity contribution in [1.82, 2.24) is 4.90 Å². The van der Waals surface area contributed by atoms with Gasteiger partial charge in [-0.3, -0.25) is 9.69 Å². The number of ether oxygens (including phenoxy) is 2. The second-order valence-corrected chi connectivity index (χ2v) is 9.82. The lowest BCUT2D eigenvalue weighted by Gasteiger charge is -2.15. The van der Waals surface area contributed by atoms with Gasteiger partial charge in [0.25, 0.3) is 5.91 Å². The van der Waals surface area contributed by atoms with Gasteiger partial charge in [-0.2, -0.15) is 0 Å². The minimum absolute atomic E-state index is 0.0904. The lowest BCUT2D eigenvalue weighted by Crippen LogP contribution is -2.27. The second kappa shape index (κ2) is 11.0. The van der Waals surface area contributed by atoms with E-state index < -0.39 is 0 Å². The predicted octanol–water partition coefficient (Wildman–Crippen LogP) is 6.83. The number of thiocarbonyl (C=S) groups is 1. The zero-order valence-corrected chi connectivity index (χ0v) is 21.2. The summed E-state index contributed by atoms with van der Waals surface area (Å²) >= 11 is 10.4. The molecular weight excluding hydrogens is 518 g/mol. The molecule has 168 valence electrons. The smallest absolute Gasteiger partial charge is 0.266 e. The highest BCUT2D eigenvalue weighted by atomic mass is 79.9. The van der Waals surface area contributed by atoms with Crippen LogP contribution in [0.2, 0.25) is 0 Å². The maximum absolute atomic E-state index is 13.0. The van der Waals surface area contributed by atoms with Crippen LogP contribution in [0, 0.1) is 0 Å². The highest BCUT2D eigenvalue weighted by molar-refractivity contribution is 9.10. The lowest BCUT2D eigenvalue weighted by molar-refractivity contribution is -0.122. The van der Waals surface area contributed by atoms with Crippen LogP contribution in [0.15, 0.2) is 82.2 Å². The zero-order valence-electron chi connectivity index (χ0n) is 18.0. The van der Waals surface area contributed by atoms with Crippen LogP contribution in [-0.4, -0.2) is 21.7 Å². The summed E-state index contributed by atoms with van der Waals surface area (Å²) in [7, 11) is 0. The number of hydrogen-bond acceptors (Lipinski definition) is 5. The molecule has 7 heteroatoms. The first-order valence-corrected chi connectivity index (χ1v) is 12.5. The molecule has 1 fully saturated rings. The van der Waals surface area contributed by atoms with E-state index >= 15 is 0 Å². The third-order valence-electron chi connectivity index (χ3n) is 4.91. The van der Waals surface area contributed by atoms with Gasteiger partial charge in [-0.1, -0.05) is 84.6 Å². The van der Waals surface area contributed by atoms with Crippen LogP contribution < -0.4 is 9.47 Å². The monoisotopic (exact) mass is 539 g/mol. The van der Waals surface area contributed by atoms with E-state index in [2.05, 4.69) is 15.9 Å². The van der Waals surface area contributed by atoms with Crippen molar-refractivity contribution in [3.8, 4) is 11.5 Å². The minimum Gasteiger partial charge on any atom is -0.490 e. The lowest BCUT2D eigenvalue weighted by atomic mass is 10.1. The summed E-state index contributed by atoms with van der Waals surface area (Å²) in [5.74, 6) is 1.16. The van der Waals surface area contributed by atoms with Crippen molar-refractivity contribution in [2.24, 2.45) is 0 Å². The van der Waals surface area contributed by atoms with Crippen molar-refractivity contribution < 1.29 is 14.3 Å².